The summed E-state index contributed by atoms with van der Waals surface area (Å²) in [6, 6.07) is 12.5. The van der Waals surface area contributed by atoms with Crippen LogP contribution in [0.2, 0.25) is 0 Å². The van der Waals surface area contributed by atoms with Crippen molar-refractivity contribution < 1.29 is 9.59 Å². The molecule has 2 aliphatic heterocycles. The Bertz CT molecular complexity index is 1810. The Kier molecular flexibility index (Phi) is 19.0. The zero-order valence-electron chi connectivity index (χ0n) is 35.7. The van der Waals surface area contributed by atoms with Gasteiger partial charge in [-0.25, -0.2) is 0 Å². The number of unbranched alkanes of at least 4 members (excludes halogenated alkanes) is 3. The van der Waals surface area contributed by atoms with E-state index >= 15 is 0 Å². The van der Waals surface area contributed by atoms with E-state index in [1.54, 1.807) is 17.2 Å². The average Bonchev–Trinajstić information content (AvgIpc) is 3.55. The lowest BCUT2D eigenvalue weighted by atomic mass is 9.90. The van der Waals surface area contributed by atoms with Crippen molar-refractivity contribution in [2.45, 2.75) is 117 Å². The molecule has 1 atom stereocenters. The molecule has 0 aliphatic carbocycles. The summed E-state index contributed by atoms with van der Waals surface area (Å²) >= 11 is 0. The summed E-state index contributed by atoms with van der Waals surface area (Å²) in [6.07, 6.45) is 18.3. The Morgan fingerprint density at radius 3 is 2.34 bits per heavy atom. The zero-order valence-corrected chi connectivity index (χ0v) is 35.7. The SMILES string of the molecule is CCCc1cc(NC(=O)C2=C(CC)CC=NC(C(=O)Nc3ccc4c(c3)CCN(CCCCN=C(N)N)CC4)=C2)ccc1CCC(CC)CCCCCN(C)C(=N)N. The number of carbonyl (C=O) groups is 2. The average molecular weight is 795 g/mol. The van der Waals surface area contributed by atoms with E-state index in [4.69, 9.17) is 22.6 Å². The molecule has 2 aliphatic rings. The molecule has 0 fully saturated rings. The second kappa shape index (κ2) is 24.1. The summed E-state index contributed by atoms with van der Waals surface area (Å²) in [5.41, 5.74) is 24.8. The van der Waals surface area contributed by atoms with Crippen molar-refractivity contribution in [1.29, 1.82) is 5.41 Å². The highest BCUT2D eigenvalue weighted by Crippen LogP contribution is 2.27. The minimum absolute atomic E-state index is 0.128. The van der Waals surface area contributed by atoms with Gasteiger partial charge in [-0.15, -0.1) is 0 Å². The number of nitrogens with zero attached hydrogens (tertiary/aromatic N) is 4. The van der Waals surface area contributed by atoms with E-state index in [0.717, 1.165) is 114 Å². The van der Waals surface area contributed by atoms with Gasteiger partial charge >= 0.3 is 0 Å². The molecular formula is C46H70N10O2. The number of benzene rings is 2. The number of nitrogens with two attached hydrogens (primary N) is 3. The highest BCUT2D eigenvalue weighted by atomic mass is 16.2. The summed E-state index contributed by atoms with van der Waals surface area (Å²) in [5, 5.41) is 13.8. The summed E-state index contributed by atoms with van der Waals surface area (Å²) in [4.78, 5) is 40.5. The molecule has 0 bridgehead atoms. The molecule has 316 valence electrons. The Balaban J connectivity index is 1.36. The predicted molar refractivity (Wildman–Crippen MR) is 242 cm³/mol. The van der Waals surface area contributed by atoms with Crippen LogP contribution in [0.15, 0.2) is 69.3 Å². The van der Waals surface area contributed by atoms with E-state index in [-0.39, 0.29) is 29.4 Å². The molecule has 12 heteroatoms. The number of guanidine groups is 2. The maximum absolute atomic E-state index is 13.9. The molecule has 2 amide bonds. The van der Waals surface area contributed by atoms with Crippen molar-refractivity contribution in [3.63, 3.8) is 0 Å². The molecule has 2 heterocycles. The van der Waals surface area contributed by atoms with Gasteiger partial charge in [-0.1, -0.05) is 70.6 Å². The van der Waals surface area contributed by atoms with Crippen molar-refractivity contribution >= 4 is 41.3 Å². The van der Waals surface area contributed by atoms with E-state index in [9.17, 15) is 9.59 Å². The fourth-order valence-electron chi connectivity index (χ4n) is 7.89. The number of allylic oxidation sites excluding steroid dienone is 1. The monoisotopic (exact) mass is 795 g/mol. The van der Waals surface area contributed by atoms with Crippen LogP contribution in [-0.4, -0.2) is 79.5 Å². The molecule has 12 nitrogen and oxygen atoms in total. The molecule has 0 radical (unpaired) electrons. The number of hydrogen-bond acceptors (Lipinski definition) is 6. The smallest absolute Gasteiger partial charge is 0.274 e. The molecule has 9 N–H and O–H groups in total. The molecule has 2 aromatic carbocycles. The fraction of sp³-hybridized carbons (Fsp3) is 0.543. The number of aryl methyl sites for hydroxylation is 2. The van der Waals surface area contributed by atoms with Gasteiger partial charge in [0.2, 0.25) is 0 Å². The first-order valence-corrected chi connectivity index (χ1v) is 21.7. The third-order valence-electron chi connectivity index (χ3n) is 11.6. The number of hydrogen-bond donors (Lipinski definition) is 6. The van der Waals surface area contributed by atoms with Gasteiger partial charge in [-0.3, -0.25) is 25.0 Å². The van der Waals surface area contributed by atoms with Gasteiger partial charge in [-0.05, 0) is 123 Å². The standard InChI is InChI=1S/C46H70N10O2/c1-5-13-37-30-39(19-17-35(37)16-15-33(6-2)14-9-8-11-26-55(4)46(49)50)53-43(57)41-32-42(51-25-21-34(41)7-3)44(58)54-40-20-18-36-22-28-56(29-23-38(36)31-40)27-12-10-24-52-45(47)48/h17-20,25,30-33H,5-16,21-24,26-29H2,1-4H3,(H3,49,50)(H,53,57)(H,54,58)(H4,47,48,52). The van der Waals surface area contributed by atoms with E-state index in [0.29, 0.717) is 30.9 Å². The van der Waals surface area contributed by atoms with Crippen molar-refractivity contribution in [3.05, 3.63) is 81.6 Å². The zero-order chi connectivity index (χ0) is 41.9. The largest absolute Gasteiger partial charge is 0.370 e. The van der Waals surface area contributed by atoms with Crippen molar-refractivity contribution in [1.82, 2.24) is 9.80 Å². The second-order valence-corrected chi connectivity index (χ2v) is 15.9. The minimum atomic E-state index is -0.338. The normalized spacial score (nSPS) is 14.8. The van der Waals surface area contributed by atoms with Crippen LogP contribution in [0.5, 0.6) is 0 Å². The number of aliphatic imine (C=N–C) groups is 2. The van der Waals surface area contributed by atoms with E-state index in [1.165, 1.54) is 35.1 Å². The number of fused-ring (bicyclic) bond motifs is 1. The first-order valence-electron chi connectivity index (χ1n) is 21.7. The molecular weight excluding hydrogens is 725 g/mol. The van der Waals surface area contributed by atoms with Crippen molar-refractivity contribution in [3.8, 4) is 0 Å². The van der Waals surface area contributed by atoms with Crippen LogP contribution in [0.4, 0.5) is 11.4 Å². The third kappa shape index (κ3) is 14.8. The lowest BCUT2D eigenvalue weighted by Gasteiger charge is -2.19. The van der Waals surface area contributed by atoms with Crippen LogP contribution >= 0.6 is 0 Å². The molecule has 4 rings (SSSR count). The Morgan fingerprint density at radius 2 is 1.62 bits per heavy atom. The van der Waals surface area contributed by atoms with Crippen LogP contribution in [0.25, 0.3) is 0 Å². The Morgan fingerprint density at radius 1 is 0.879 bits per heavy atom. The number of nitrogens with one attached hydrogen (secondary N) is 3. The number of anilines is 2. The van der Waals surface area contributed by atoms with Gasteiger partial charge in [0.05, 0.1) is 0 Å². The quantitative estimate of drug-likeness (QED) is 0.0417. The van der Waals surface area contributed by atoms with Crippen LogP contribution in [0.1, 0.15) is 114 Å². The number of amides is 2. The molecule has 0 spiro atoms. The van der Waals surface area contributed by atoms with Gasteiger partial charge < -0.3 is 37.6 Å². The van der Waals surface area contributed by atoms with E-state index in [1.807, 2.05) is 26.1 Å². The van der Waals surface area contributed by atoms with Crippen molar-refractivity contribution in [2.75, 3.05) is 50.4 Å². The van der Waals surface area contributed by atoms with E-state index in [2.05, 4.69) is 63.6 Å². The molecule has 2 aromatic rings. The highest BCUT2D eigenvalue weighted by molar-refractivity contribution is 6.11. The summed E-state index contributed by atoms with van der Waals surface area (Å²) < 4.78 is 0. The van der Waals surface area contributed by atoms with Gasteiger partial charge in [0, 0.05) is 62.8 Å². The van der Waals surface area contributed by atoms with E-state index < -0.39 is 0 Å². The Labute approximate surface area is 347 Å². The van der Waals surface area contributed by atoms with Crippen LogP contribution < -0.4 is 27.8 Å². The molecule has 1 unspecified atom stereocenters. The lowest BCUT2D eigenvalue weighted by Crippen LogP contribution is -2.33. The summed E-state index contributed by atoms with van der Waals surface area (Å²) in [7, 11) is 1.87. The Hall–Kier alpha value is -4.97. The lowest BCUT2D eigenvalue weighted by molar-refractivity contribution is -0.113. The third-order valence-corrected chi connectivity index (χ3v) is 11.6. The topological polar surface area (TPSA) is 191 Å². The van der Waals surface area contributed by atoms with Crippen LogP contribution in [0.3, 0.4) is 0 Å². The van der Waals surface area contributed by atoms with Gasteiger partial charge in [-0.2, -0.15) is 0 Å². The first kappa shape index (κ1) is 45.7. The maximum atomic E-state index is 13.9. The maximum Gasteiger partial charge on any atom is 0.274 e. The fourth-order valence-corrected chi connectivity index (χ4v) is 7.89. The molecule has 58 heavy (non-hydrogen) atoms. The minimum Gasteiger partial charge on any atom is -0.370 e. The van der Waals surface area contributed by atoms with Gasteiger partial charge in [0.1, 0.15) is 5.70 Å². The molecule has 0 aromatic heterocycles. The predicted octanol–water partition coefficient (Wildman–Crippen LogP) is 7.08. The first-order chi connectivity index (χ1) is 28.0. The van der Waals surface area contributed by atoms with Crippen molar-refractivity contribution in [2.24, 2.45) is 33.1 Å². The second-order valence-electron chi connectivity index (χ2n) is 15.9. The molecule has 0 saturated heterocycles. The van der Waals surface area contributed by atoms with Crippen LogP contribution in [0, 0.1) is 11.3 Å². The number of rotatable bonds is 22. The summed E-state index contributed by atoms with van der Waals surface area (Å²) in [5.74, 6) is 0.374. The van der Waals surface area contributed by atoms with Gasteiger partial charge in [0.25, 0.3) is 11.8 Å². The highest BCUT2D eigenvalue weighted by Gasteiger charge is 2.21. The van der Waals surface area contributed by atoms with Gasteiger partial charge in [0.15, 0.2) is 11.9 Å². The molecule has 0 saturated carbocycles. The summed E-state index contributed by atoms with van der Waals surface area (Å²) in [6.45, 7) is 10.9. The van der Waals surface area contributed by atoms with Crippen LogP contribution in [-0.2, 0) is 35.3 Å². The number of carbonyl (C=O) groups excluding carboxylic acids is 2.